The van der Waals surface area contributed by atoms with Gasteiger partial charge in [0.1, 0.15) is 0 Å². The highest BCUT2D eigenvalue weighted by atomic mass is 32.2. The molecule has 2 unspecified atom stereocenters. The standard InChI is InChI=1S/C14H19NO2S/c1-11(13-8-5-9-17-13)15-14(16)10-18-12-6-3-2-4-7-12/h2-4,6-7,11,13H,5,8-10H2,1H3,(H,15,16). The molecule has 1 saturated heterocycles. The fourth-order valence-corrected chi connectivity index (χ4v) is 2.78. The summed E-state index contributed by atoms with van der Waals surface area (Å²) in [7, 11) is 0. The average Bonchev–Trinajstić information content (AvgIpc) is 2.91. The fraction of sp³-hybridized carbons (Fsp3) is 0.500. The van der Waals surface area contributed by atoms with Crippen LogP contribution in [0.1, 0.15) is 19.8 Å². The summed E-state index contributed by atoms with van der Waals surface area (Å²) in [6, 6.07) is 10.1. The van der Waals surface area contributed by atoms with Gasteiger partial charge in [-0.25, -0.2) is 0 Å². The van der Waals surface area contributed by atoms with Crippen molar-refractivity contribution in [3.63, 3.8) is 0 Å². The van der Waals surface area contributed by atoms with Crippen molar-refractivity contribution in [2.45, 2.75) is 36.8 Å². The quantitative estimate of drug-likeness (QED) is 0.831. The molecule has 1 aliphatic rings. The van der Waals surface area contributed by atoms with E-state index in [0.29, 0.717) is 5.75 Å². The Hall–Kier alpha value is -1.00. The van der Waals surface area contributed by atoms with Crippen LogP contribution in [-0.4, -0.2) is 30.4 Å². The molecule has 0 radical (unpaired) electrons. The molecule has 3 nitrogen and oxygen atoms in total. The first kappa shape index (κ1) is 13.4. The van der Waals surface area contributed by atoms with Gasteiger partial charge in [0.2, 0.25) is 5.91 Å². The zero-order chi connectivity index (χ0) is 12.8. The number of thioether (sulfide) groups is 1. The van der Waals surface area contributed by atoms with E-state index in [4.69, 9.17) is 4.74 Å². The van der Waals surface area contributed by atoms with Crippen molar-refractivity contribution in [1.82, 2.24) is 5.32 Å². The summed E-state index contributed by atoms with van der Waals surface area (Å²) in [5.41, 5.74) is 0. The van der Waals surface area contributed by atoms with Gasteiger partial charge in [-0.1, -0.05) is 18.2 Å². The maximum Gasteiger partial charge on any atom is 0.230 e. The topological polar surface area (TPSA) is 38.3 Å². The Labute approximate surface area is 112 Å². The van der Waals surface area contributed by atoms with Crippen LogP contribution in [-0.2, 0) is 9.53 Å². The minimum atomic E-state index is 0.0758. The van der Waals surface area contributed by atoms with Gasteiger partial charge < -0.3 is 10.1 Å². The molecule has 1 fully saturated rings. The van der Waals surface area contributed by atoms with Gasteiger partial charge in [-0.15, -0.1) is 11.8 Å². The van der Waals surface area contributed by atoms with Gasteiger partial charge in [0, 0.05) is 11.5 Å². The Morgan fingerprint density at radius 1 is 1.50 bits per heavy atom. The lowest BCUT2D eigenvalue weighted by molar-refractivity contribution is -0.120. The third-order valence-electron chi connectivity index (χ3n) is 3.02. The van der Waals surface area contributed by atoms with E-state index in [1.807, 2.05) is 37.3 Å². The molecule has 0 aromatic heterocycles. The molecule has 0 bridgehead atoms. The molecule has 0 spiro atoms. The van der Waals surface area contributed by atoms with E-state index in [0.717, 1.165) is 24.3 Å². The Bertz CT molecular complexity index is 377. The smallest absolute Gasteiger partial charge is 0.230 e. The second-order valence-electron chi connectivity index (χ2n) is 4.51. The summed E-state index contributed by atoms with van der Waals surface area (Å²) in [6.07, 6.45) is 2.34. The maximum atomic E-state index is 11.8. The lowest BCUT2D eigenvalue weighted by Gasteiger charge is -2.19. The molecular weight excluding hydrogens is 246 g/mol. The molecule has 98 valence electrons. The molecule has 18 heavy (non-hydrogen) atoms. The number of carbonyl (C=O) groups excluding carboxylic acids is 1. The highest BCUT2D eigenvalue weighted by molar-refractivity contribution is 8.00. The van der Waals surface area contributed by atoms with Gasteiger partial charge in [0.05, 0.1) is 17.9 Å². The van der Waals surface area contributed by atoms with E-state index in [9.17, 15) is 4.79 Å². The van der Waals surface area contributed by atoms with Crippen molar-refractivity contribution in [2.75, 3.05) is 12.4 Å². The van der Waals surface area contributed by atoms with Gasteiger partial charge >= 0.3 is 0 Å². The second kappa shape index (κ2) is 6.81. The van der Waals surface area contributed by atoms with E-state index in [-0.39, 0.29) is 18.1 Å². The Morgan fingerprint density at radius 2 is 2.28 bits per heavy atom. The molecule has 1 heterocycles. The van der Waals surface area contributed by atoms with Gasteiger partial charge in [-0.2, -0.15) is 0 Å². The average molecular weight is 265 g/mol. The van der Waals surface area contributed by atoms with Crippen LogP contribution in [0, 0.1) is 0 Å². The van der Waals surface area contributed by atoms with Crippen LogP contribution in [0.25, 0.3) is 0 Å². The van der Waals surface area contributed by atoms with Crippen LogP contribution < -0.4 is 5.32 Å². The van der Waals surface area contributed by atoms with Crippen molar-refractivity contribution in [3.8, 4) is 0 Å². The summed E-state index contributed by atoms with van der Waals surface area (Å²) >= 11 is 1.56. The lowest BCUT2D eigenvalue weighted by atomic mass is 10.1. The number of ether oxygens (including phenoxy) is 1. The molecule has 2 rings (SSSR count). The molecule has 1 aliphatic heterocycles. The zero-order valence-electron chi connectivity index (χ0n) is 10.6. The normalized spacial score (nSPS) is 20.6. The van der Waals surface area contributed by atoms with Crippen LogP contribution in [0.2, 0.25) is 0 Å². The van der Waals surface area contributed by atoms with Crippen LogP contribution in [0.4, 0.5) is 0 Å². The molecule has 0 saturated carbocycles. The monoisotopic (exact) mass is 265 g/mol. The molecule has 1 aromatic rings. The highest BCUT2D eigenvalue weighted by Gasteiger charge is 2.23. The van der Waals surface area contributed by atoms with Gasteiger partial charge in [-0.05, 0) is 31.9 Å². The summed E-state index contributed by atoms with van der Waals surface area (Å²) in [5, 5.41) is 3.01. The number of carbonyl (C=O) groups is 1. The molecule has 0 aliphatic carbocycles. The minimum Gasteiger partial charge on any atom is -0.376 e. The molecule has 1 amide bonds. The number of nitrogens with one attached hydrogen (secondary N) is 1. The Kier molecular flexibility index (Phi) is 5.08. The van der Waals surface area contributed by atoms with Crippen LogP contribution in [0.3, 0.4) is 0 Å². The van der Waals surface area contributed by atoms with Gasteiger partial charge in [0.15, 0.2) is 0 Å². The van der Waals surface area contributed by atoms with Crippen LogP contribution in [0.5, 0.6) is 0 Å². The van der Waals surface area contributed by atoms with Crippen molar-refractivity contribution in [1.29, 1.82) is 0 Å². The first-order chi connectivity index (χ1) is 8.75. The predicted octanol–water partition coefficient (Wildman–Crippen LogP) is 2.46. The number of benzene rings is 1. The van der Waals surface area contributed by atoms with E-state index in [1.54, 1.807) is 11.8 Å². The number of hydrogen-bond acceptors (Lipinski definition) is 3. The number of rotatable bonds is 5. The Morgan fingerprint density at radius 3 is 2.94 bits per heavy atom. The van der Waals surface area contributed by atoms with Gasteiger partial charge in [0.25, 0.3) is 0 Å². The van der Waals surface area contributed by atoms with Crippen molar-refractivity contribution in [2.24, 2.45) is 0 Å². The van der Waals surface area contributed by atoms with Crippen molar-refractivity contribution < 1.29 is 9.53 Å². The molecular formula is C14H19NO2S. The predicted molar refractivity (Wildman–Crippen MR) is 73.7 cm³/mol. The third kappa shape index (κ3) is 4.03. The first-order valence-electron chi connectivity index (χ1n) is 6.34. The van der Waals surface area contributed by atoms with E-state index in [2.05, 4.69) is 5.32 Å². The third-order valence-corrected chi connectivity index (χ3v) is 4.04. The molecule has 4 heteroatoms. The van der Waals surface area contributed by atoms with Gasteiger partial charge in [-0.3, -0.25) is 4.79 Å². The Balaban J connectivity index is 1.71. The van der Waals surface area contributed by atoms with E-state index >= 15 is 0 Å². The highest BCUT2D eigenvalue weighted by Crippen LogP contribution is 2.18. The maximum absolute atomic E-state index is 11.8. The fourth-order valence-electron chi connectivity index (χ4n) is 2.05. The summed E-state index contributed by atoms with van der Waals surface area (Å²) in [4.78, 5) is 12.9. The lowest BCUT2D eigenvalue weighted by Crippen LogP contribution is -2.41. The SMILES string of the molecule is CC(NC(=O)CSc1ccccc1)C1CCCO1. The number of amides is 1. The summed E-state index contributed by atoms with van der Waals surface area (Å²) in [6.45, 7) is 2.84. The minimum absolute atomic E-state index is 0.0758. The molecule has 2 atom stereocenters. The van der Waals surface area contributed by atoms with Crippen molar-refractivity contribution in [3.05, 3.63) is 30.3 Å². The van der Waals surface area contributed by atoms with Crippen LogP contribution >= 0.6 is 11.8 Å². The van der Waals surface area contributed by atoms with E-state index in [1.165, 1.54) is 0 Å². The summed E-state index contributed by atoms with van der Waals surface area (Å²) < 4.78 is 5.56. The molecule has 1 aromatic carbocycles. The summed E-state index contributed by atoms with van der Waals surface area (Å²) in [5.74, 6) is 0.535. The van der Waals surface area contributed by atoms with Crippen LogP contribution in [0.15, 0.2) is 35.2 Å². The van der Waals surface area contributed by atoms with E-state index < -0.39 is 0 Å². The van der Waals surface area contributed by atoms with Crippen molar-refractivity contribution >= 4 is 17.7 Å². The molecule has 1 N–H and O–H groups in total. The zero-order valence-corrected chi connectivity index (χ0v) is 11.4. The second-order valence-corrected chi connectivity index (χ2v) is 5.56. The number of hydrogen-bond donors (Lipinski definition) is 1. The largest absolute Gasteiger partial charge is 0.376 e. The first-order valence-corrected chi connectivity index (χ1v) is 7.33.